The fraction of sp³-hybridized carbons (Fsp3) is 0.250. The zero-order chi connectivity index (χ0) is 19.2. The summed E-state index contributed by atoms with van der Waals surface area (Å²) in [7, 11) is 0. The molecule has 5 nitrogen and oxygen atoms in total. The molecule has 3 aromatic rings. The second kappa shape index (κ2) is 8.92. The number of carbonyl (C=O) groups excluding carboxylic acids is 2. The first kappa shape index (κ1) is 19.3. The van der Waals surface area contributed by atoms with Crippen LogP contribution in [-0.2, 0) is 4.79 Å². The van der Waals surface area contributed by atoms with Gasteiger partial charge in [-0.15, -0.1) is 22.7 Å². The lowest BCUT2D eigenvalue weighted by Gasteiger charge is -2.06. The first-order valence-electron chi connectivity index (χ1n) is 8.57. The normalized spacial score (nSPS) is 10.6. The van der Waals surface area contributed by atoms with E-state index < -0.39 is 0 Å². The summed E-state index contributed by atoms with van der Waals surface area (Å²) in [5.41, 5.74) is 1.55. The fourth-order valence-electron chi connectivity index (χ4n) is 2.41. The Morgan fingerprint density at radius 3 is 2.59 bits per heavy atom. The summed E-state index contributed by atoms with van der Waals surface area (Å²) in [4.78, 5) is 30.1. The van der Waals surface area contributed by atoms with Crippen molar-refractivity contribution in [1.29, 1.82) is 0 Å². The minimum absolute atomic E-state index is 0.0257. The molecule has 0 atom stereocenters. The van der Waals surface area contributed by atoms with Gasteiger partial charge in [0.25, 0.3) is 0 Å². The van der Waals surface area contributed by atoms with Crippen LogP contribution in [0.4, 0.5) is 5.13 Å². The third-order valence-electron chi connectivity index (χ3n) is 3.82. The lowest BCUT2D eigenvalue weighted by Crippen LogP contribution is -2.12. The monoisotopic (exact) mass is 400 g/mol. The van der Waals surface area contributed by atoms with Gasteiger partial charge in [-0.3, -0.25) is 9.59 Å². The number of ether oxygens (including phenoxy) is 1. The number of aryl methyl sites for hydroxylation is 1. The summed E-state index contributed by atoms with van der Waals surface area (Å²) in [5, 5.41) is 5.40. The quantitative estimate of drug-likeness (QED) is 0.418. The molecular formula is C20H20N2O3S2. The largest absolute Gasteiger partial charge is 0.494 e. The fourth-order valence-corrected chi connectivity index (χ4v) is 4.04. The van der Waals surface area contributed by atoms with Crippen LogP contribution < -0.4 is 10.1 Å². The second-order valence-electron chi connectivity index (χ2n) is 6.03. The molecule has 7 heteroatoms. The van der Waals surface area contributed by atoms with E-state index in [1.54, 1.807) is 35.6 Å². The van der Waals surface area contributed by atoms with Crippen molar-refractivity contribution < 1.29 is 14.3 Å². The zero-order valence-electron chi connectivity index (χ0n) is 15.2. The molecule has 0 saturated carbocycles. The molecule has 0 bridgehead atoms. The van der Waals surface area contributed by atoms with Crippen LogP contribution in [0.5, 0.6) is 5.75 Å². The van der Waals surface area contributed by atoms with Gasteiger partial charge in [0.15, 0.2) is 10.9 Å². The number of ketones is 1. The number of thiophene rings is 1. The van der Waals surface area contributed by atoms with Crippen molar-refractivity contribution in [2.24, 2.45) is 0 Å². The lowest BCUT2D eigenvalue weighted by molar-refractivity contribution is -0.116. The van der Waals surface area contributed by atoms with Crippen molar-refractivity contribution in [2.75, 3.05) is 11.9 Å². The van der Waals surface area contributed by atoms with E-state index in [1.165, 1.54) is 23.1 Å². The molecule has 0 fully saturated rings. The Hall–Kier alpha value is -2.51. The number of hydrogen-bond donors (Lipinski definition) is 1. The van der Waals surface area contributed by atoms with Crippen LogP contribution in [0.1, 0.15) is 35.0 Å². The van der Waals surface area contributed by atoms with Gasteiger partial charge in [0, 0.05) is 22.2 Å². The van der Waals surface area contributed by atoms with Gasteiger partial charge in [-0.2, -0.15) is 0 Å². The maximum atomic E-state index is 12.1. The van der Waals surface area contributed by atoms with Gasteiger partial charge in [0.05, 0.1) is 17.2 Å². The van der Waals surface area contributed by atoms with E-state index in [0.717, 1.165) is 10.6 Å². The Kier molecular flexibility index (Phi) is 6.36. The molecule has 1 N–H and O–H groups in total. The summed E-state index contributed by atoms with van der Waals surface area (Å²) < 4.78 is 5.60. The molecule has 0 spiro atoms. The van der Waals surface area contributed by atoms with Gasteiger partial charge in [-0.25, -0.2) is 4.98 Å². The summed E-state index contributed by atoms with van der Waals surface area (Å²) >= 11 is 3.11. The maximum Gasteiger partial charge on any atom is 0.226 e. The van der Waals surface area contributed by atoms with E-state index in [9.17, 15) is 9.59 Å². The number of rotatable bonds is 8. The van der Waals surface area contributed by atoms with Crippen molar-refractivity contribution in [2.45, 2.75) is 26.7 Å². The highest BCUT2D eigenvalue weighted by Crippen LogP contribution is 2.30. The van der Waals surface area contributed by atoms with Crippen molar-refractivity contribution in [3.05, 3.63) is 52.2 Å². The molecular weight excluding hydrogens is 380 g/mol. The van der Waals surface area contributed by atoms with E-state index in [1.807, 2.05) is 11.4 Å². The second-order valence-corrected chi connectivity index (χ2v) is 8.17. The lowest BCUT2D eigenvalue weighted by atomic mass is 10.1. The number of anilines is 1. The number of amides is 1. The highest BCUT2D eigenvalue weighted by atomic mass is 32.1. The number of hydrogen-bond acceptors (Lipinski definition) is 6. The van der Waals surface area contributed by atoms with E-state index in [0.29, 0.717) is 35.9 Å². The van der Waals surface area contributed by atoms with Crippen molar-refractivity contribution in [3.63, 3.8) is 0 Å². The minimum Gasteiger partial charge on any atom is -0.494 e. The smallest absolute Gasteiger partial charge is 0.226 e. The van der Waals surface area contributed by atoms with Crippen LogP contribution in [0.25, 0.3) is 10.6 Å². The van der Waals surface area contributed by atoms with E-state index >= 15 is 0 Å². The van der Waals surface area contributed by atoms with Gasteiger partial charge < -0.3 is 10.1 Å². The number of aromatic nitrogens is 1. The number of benzene rings is 1. The highest BCUT2D eigenvalue weighted by Gasteiger charge is 2.09. The number of Topliss-reactive ketones (excluding diaryl/α,β-unsaturated/α-hetero) is 1. The molecule has 140 valence electrons. The molecule has 0 saturated heterocycles. The average molecular weight is 401 g/mol. The Labute approximate surface area is 166 Å². The van der Waals surface area contributed by atoms with Gasteiger partial charge in [0.2, 0.25) is 5.91 Å². The summed E-state index contributed by atoms with van der Waals surface area (Å²) in [5.74, 6) is 0.641. The molecule has 0 aliphatic heterocycles. The SMILES string of the molecule is CC(=O)c1ccc(OCCCC(=O)Nc2nc(-c3ccc(C)s3)cs2)cc1. The number of nitrogens with zero attached hydrogens (tertiary/aromatic N) is 1. The first-order valence-corrected chi connectivity index (χ1v) is 10.3. The Morgan fingerprint density at radius 1 is 1.15 bits per heavy atom. The molecule has 1 aromatic carbocycles. The third kappa shape index (κ3) is 5.48. The maximum absolute atomic E-state index is 12.1. The third-order valence-corrected chi connectivity index (χ3v) is 5.60. The predicted octanol–water partition coefficient (Wildman–Crippen LogP) is 5.18. The van der Waals surface area contributed by atoms with Crippen LogP contribution in [0.3, 0.4) is 0 Å². The molecule has 3 rings (SSSR count). The van der Waals surface area contributed by atoms with Crippen LogP contribution in [0.15, 0.2) is 41.8 Å². The van der Waals surface area contributed by atoms with Crippen LogP contribution in [0, 0.1) is 6.92 Å². The molecule has 2 heterocycles. The number of thiazole rings is 1. The van der Waals surface area contributed by atoms with E-state index in [2.05, 4.69) is 23.3 Å². The molecule has 27 heavy (non-hydrogen) atoms. The van der Waals surface area contributed by atoms with Gasteiger partial charge in [0.1, 0.15) is 5.75 Å². The molecule has 2 aromatic heterocycles. The summed E-state index contributed by atoms with van der Waals surface area (Å²) in [6, 6.07) is 11.1. The van der Waals surface area contributed by atoms with Crippen molar-refractivity contribution in [1.82, 2.24) is 4.98 Å². The first-order chi connectivity index (χ1) is 13.0. The molecule has 1 amide bonds. The van der Waals surface area contributed by atoms with E-state index in [4.69, 9.17) is 4.74 Å². The number of nitrogens with one attached hydrogen (secondary N) is 1. The Balaban J connectivity index is 1.41. The summed E-state index contributed by atoms with van der Waals surface area (Å²) in [6.07, 6.45) is 0.960. The average Bonchev–Trinajstić information content (AvgIpc) is 3.28. The minimum atomic E-state index is -0.0752. The standard InChI is InChI=1S/C20H20N2O3S2/c1-13-5-10-18(27-13)17-12-26-20(21-17)22-19(24)4-3-11-25-16-8-6-15(7-9-16)14(2)23/h5-10,12H,3-4,11H2,1-2H3,(H,21,22,24). The van der Waals surface area contributed by atoms with Crippen molar-refractivity contribution in [3.8, 4) is 16.3 Å². The van der Waals surface area contributed by atoms with Gasteiger partial charge in [-0.05, 0) is 56.7 Å². The molecule has 0 unspecified atom stereocenters. The zero-order valence-corrected chi connectivity index (χ0v) is 16.8. The number of carbonyl (C=O) groups is 2. The Morgan fingerprint density at radius 2 is 1.93 bits per heavy atom. The molecule has 0 aliphatic rings. The molecule has 0 aliphatic carbocycles. The predicted molar refractivity (Wildman–Crippen MR) is 110 cm³/mol. The highest BCUT2D eigenvalue weighted by molar-refractivity contribution is 7.17. The summed E-state index contributed by atoms with van der Waals surface area (Å²) in [6.45, 7) is 4.02. The van der Waals surface area contributed by atoms with Crippen LogP contribution in [-0.4, -0.2) is 23.3 Å². The van der Waals surface area contributed by atoms with Crippen LogP contribution in [0.2, 0.25) is 0 Å². The topological polar surface area (TPSA) is 68.3 Å². The van der Waals surface area contributed by atoms with Crippen LogP contribution >= 0.6 is 22.7 Å². The van der Waals surface area contributed by atoms with Crippen molar-refractivity contribution >= 4 is 39.5 Å². The molecule has 0 radical (unpaired) electrons. The Bertz CT molecular complexity index is 929. The van der Waals surface area contributed by atoms with Gasteiger partial charge in [-0.1, -0.05) is 0 Å². The van der Waals surface area contributed by atoms with E-state index in [-0.39, 0.29) is 11.7 Å². The van der Waals surface area contributed by atoms with Gasteiger partial charge >= 0.3 is 0 Å².